The number of fused-ring (bicyclic) bond motifs is 2. The number of aromatic nitrogens is 3. The highest BCUT2D eigenvalue weighted by molar-refractivity contribution is 7.11. The third-order valence-electron chi connectivity index (χ3n) is 5.97. The Morgan fingerprint density at radius 3 is 2.75 bits per heavy atom. The van der Waals surface area contributed by atoms with Crippen molar-refractivity contribution < 1.29 is 9.32 Å². The number of nitrogens with zero attached hydrogens (tertiary/aromatic N) is 4. The van der Waals surface area contributed by atoms with Gasteiger partial charge in [0, 0.05) is 29.6 Å². The molecular weight excluding hydrogens is 372 g/mol. The van der Waals surface area contributed by atoms with Crippen molar-refractivity contribution in [1.82, 2.24) is 20.0 Å². The van der Waals surface area contributed by atoms with Gasteiger partial charge < -0.3 is 9.42 Å². The first kappa shape index (κ1) is 17.8. The summed E-state index contributed by atoms with van der Waals surface area (Å²) >= 11 is 1.91. The van der Waals surface area contributed by atoms with Gasteiger partial charge in [-0.05, 0) is 58.4 Å². The van der Waals surface area contributed by atoms with Crippen LogP contribution in [0.3, 0.4) is 0 Å². The quantitative estimate of drug-likeness (QED) is 0.649. The zero-order valence-electron chi connectivity index (χ0n) is 16.3. The van der Waals surface area contributed by atoms with E-state index in [9.17, 15) is 4.79 Å². The van der Waals surface area contributed by atoms with E-state index in [1.807, 2.05) is 36.2 Å². The maximum Gasteiger partial charge on any atom is 0.258 e. The molecule has 146 valence electrons. The molecule has 7 heteroatoms. The van der Waals surface area contributed by atoms with Crippen LogP contribution < -0.4 is 0 Å². The predicted octanol–water partition coefficient (Wildman–Crippen LogP) is 4.19. The van der Waals surface area contributed by atoms with E-state index < -0.39 is 0 Å². The zero-order chi connectivity index (χ0) is 19.3. The first-order chi connectivity index (χ1) is 13.6. The number of pyridine rings is 1. The van der Waals surface area contributed by atoms with Gasteiger partial charge in [-0.2, -0.15) is 0 Å². The molecule has 1 aliphatic heterocycles. The van der Waals surface area contributed by atoms with Gasteiger partial charge in [0.05, 0.1) is 27.3 Å². The standard InChI is InChI=1S/C21H24N4O2S/c1-12-11-15(18-13(2)24-27-19(18)22-12)21(26)25-9-7-14(8-10-25)20-23-16-5-3-4-6-17(16)28-20/h11,14H,3-10H2,1-2H3. The average Bonchev–Trinajstić information content (AvgIpc) is 3.31. The second-order valence-corrected chi connectivity index (χ2v) is 9.07. The van der Waals surface area contributed by atoms with Crippen molar-refractivity contribution in [1.29, 1.82) is 0 Å². The number of rotatable bonds is 2. The maximum absolute atomic E-state index is 13.2. The molecule has 6 nitrogen and oxygen atoms in total. The van der Waals surface area contributed by atoms with Gasteiger partial charge in [0.25, 0.3) is 11.6 Å². The number of piperidine rings is 1. The van der Waals surface area contributed by atoms with Gasteiger partial charge in [-0.15, -0.1) is 11.3 Å². The summed E-state index contributed by atoms with van der Waals surface area (Å²) in [6.07, 6.45) is 6.86. The van der Waals surface area contributed by atoms with E-state index >= 15 is 0 Å². The minimum Gasteiger partial charge on any atom is -0.339 e. The van der Waals surface area contributed by atoms with Crippen molar-refractivity contribution in [3.05, 3.63) is 38.6 Å². The van der Waals surface area contributed by atoms with Gasteiger partial charge in [0.15, 0.2) is 0 Å². The summed E-state index contributed by atoms with van der Waals surface area (Å²) in [4.78, 5) is 26.0. The molecule has 2 aliphatic rings. The fourth-order valence-electron chi connectivity index (χ4n) is 4.43. The molecule has 1 amide bonds. The highest BCUT2D eigenvalue weighted by Crippen LogP contribution is 2.36. The lowest BCUT2D eigenvalue weighted by molar-refractivity contribution is 0.0714. The fraction of sp³-hybridized carbons (Fsp3) is 0.524. The van der Waals surface area contributed by atoms with Crippen LogP contribution in [0.15, 0.2) is 10.6 Å². The minimum absolute atomic E-state index is 0.0543. The Morgan fingerprint density at radius 2 is 1.96 bits per heavy atom. The summed E-state index contributed by atoms with van der Waals surface area (Å²) < 4.78 is 5.28. The van der Waals surface area contributed by atoms with Gasteiger partial charge in [-0.25, -0.2) is 9.97 Å². The molecule has 0 radical (unpaired) electrons. The maximum atomic E-state index is 13.2. The number of hydrogen-bond acceptors (Lipinski definition) is 6. The Hall–Kier alpha value is -2.28. The number of hydrogen-bond donors (Lipinski definition) is 0. The molecule has 28 heavy (non-hydrogen) atoms. The molecule has 0 aromatic carbocycles. The Labute approximate surface area is 168 Å². The number of likely N-dealkylation sites (tertiary alicyclic amines) is 1. The van der Waals surface area contributed by atoms with Gasteiger partial charge in [0.2, 0.25) is 0 Å². The van der Waals surface area contributed by atoms with Crippen LogP contribution in [-0.2, 0) is 12.8 Å². The van der Waals surface area contributed by atoms with E-state index in [0.29, 0.717) is 22.9 Å². The summed E-state index contributed by atoms with van der Waals surface area (Å²) in [5, 5.41) is 6.02. The van der Waals surface area contributed by atoms with Crippen LogP contribution >= 0.6 is 11.3 Å². The van der Waals surface area contributed by atoms with Crippen LogP contribution in [0.5, 0.6) is 0 Å². The Kier molecular flexibility index (Phi) is 4.42. The largest absolute Gasteiger partial charge is 0.339 e. The zero-order valence-corrected chi connectivity index (χ0v) is 17.1. The van der Waals surface area contributed by atoms with Gasteiger partial charge in [0.1, 0.15) is 0 Å². The van der Waals surface area contributed by atoms with Crippen LogP contribution in [0.1, 0.15) is 68.9 Å². The molecule has 3 aromatic heterocycles. The summed E-state index contributed by atoms with van der Waals surface area (Å²) in [5.74, 6) is 0.537. The van der Waals surface area contributed by atoms with E-state index in [1.165, 1.54) is 34.8 Å². The molecule has 1 aliphatic carbocycles. The monoisotopic (exact) mass is 396 g/mol. The fourth-order valence-corrected chi connectivity index (χ4v) is 5.76. The van der Waals surface area contributed by atoms with Gasteiger partial charge in [-0.3, -0.25) is 4.79 Å². The van der Waals surface area contributed by atoms with E-state index in [4.69, 9.17) is 9.51 Å². The lowest BCUT2D eigenvalue weighted by Crippen LogP contribution is -2.38. The van der Waals surface area contributed by atoms with Crippen molar-refractivity contribution in [3.8, 4) is 0 Å². The summed E-state index contributed by atoms with van der Waals surface area (Å²) in [6.45, 7) is 5.27. The highest BCUT2D eigenvalue weighted by atomic mass is 32.1. The molecule has 3 aromatic rings. The van der Waals surface area contributed by atoms with Crippen LogP contribution in [0.25, 0.3) is 11.1 Å². The van der Waals surface area contributed by atoms with Crippen molar-refractivity contribution in [3.63, 3.8) is 0 Å². The molecule has 0 N–H and O–H groups in total. The van der Waals surface area contributed by atoms with Gasteiger partial charge >= 0.3 is 0 Å². The number of aryl methyl sites for hydroxylation is 4. The van der Waals surface area contributed by atoms with Crippen molar-refractivity contribution in [2.24, 2.45) is 0 Å². The summed E-state index contributed by atoms with van der Waals surface area (Å²) in [5.41, 5.74) is 3.93. The van der Waals surface area contributed by atoms with Crippen molar-refractivity contribution >= 4 is 28.3 Å². The van der Waals surface area contributed by atoms with Crippen LogP contribution in [0.2, 0.25) is 0 Å². The SMILES string of the molecule is Cc1cc(C(=O)N2CCC(c3nc4c(s3)CCCC4)CC2)c2c(C)noc2n1. The Bertz CT molecular complexity index is 1020. The molecule has 0 spiro atoms. The van der Waals surface area contributed by atoms with Crippen molar-refractivity contribution in [2.75, 3.05) is 13.1 Å². The number of thiazole rings is 1. The summed E-state index contributed by atoms with van der Waals surface area (Å²) in [7, 11) is 0. The summed E-state index contributed by atoms with van der Waals surface area (Å²) in [6, 6.07) is 1.86. The normalized spacial score (nSPS) is 17.9. The second-order valence-electron chi connectivity index (χ2n) is 7.95. The third-order valence-corrected chi connectivity index (χ3v) is 7.29. The predicted molar refractivity (Wildman–Crippen MR) is 108 cm³/mol. The Balaban J connectivity index is 1.34. The number of amides is 1. The van der Waals surface area contributed by atoms with E-state index in [-0.39, 0.29) is 5.91 Å². The van der Waals surface area contributed by atoms with E-state index in [2.05, 4.69) is 10.1 Å². The highest BCUT2D eigenvalue weighted by Gasteiger charge is 2.29. The molecule has 1 fully saturated rings. The Morgan fingerprint density at radius 1 is 1.18 bits per heavy atom. The topological polar surface area (TPSA) is 72.1 Å². The number of carbonyl (C=O) groups excluding carboxylic acids is 1. The molecule has 4 heterocycles. The van der Waals surface area contributed by atoms with E-state index in [1.54, 1.807) is 0 Å². The van der Waals surface area contributed by atoms with Gasteiger partial charge in [-0.1, -0.05) is 5.16 Å². The van der Waals surface area contributed by atoms with Crippen molar-refractivity contribution in [2.45, 2.75) is 58.3 Å². The molecule has 0 bridgehead atoms. The molecule has 0 atom stereocenters. The third kappa shape index (κ3) is 3.02. The second kappa shape index (κ2) is 6.95. The molecule has 0 saturated carbocycles. The average molecular weight is 397 g/mol. The first-order valence-corrected chi connectivity index (χ1v) is 10.9. The lowest BCUT2D eigenvalue weighted by atomic mass is 9.96. The molecular formula is C21H24N4O2S. The van der Waals surface area contributed by atoms with Crippen LogP contribution in [-0.4, -0.2) is 39.0 Å². The molecule has 1 saturated heterocycles. The number of carbonyl (C=O) groups is 1. The van der Waals surface area contributed by atoms with E-state index in [0.717, 1.165) is 43.4 Å². The lowest BCUT2D eigenvalue weighted by Gasteiger charge is -2.31. The minimum atomic E-state index is 0.0543. The van der Waals surface area contributed by atoms with Crippen LogP contribution in [0.4, 0.5) is 0 Å². The first-order valence-electron chi connectivity index (χ1n) is 10.1. The van der Waals surface area contributed by atoms with Crippen LogP contribution in [0, 0.1) is 13.8 Å². The smallest absolute Gasteiger partial charge is 0.258 e. The molecule has 0 unspecified atom stereocenters. The molecule has 5 rings (SSSR count).